The van der Waals surface area contributed by atoms with Crippen molar-refractivity contribution in [1.29, 1.82) is 0 Å². The van der Waals surface area contributed by atoms with Crippen LogP contribution in [0.25, 0.3) is 0 Å². The second kappa shape index (κ2) is 5.41. The van der Waals surface area contributed by atoms with Crippen LogP contribution in [0.4, 0.5) is 0 Å². The van der Waals surface area contributed by atoms with E-state index in [0.717, 1.165) is 31.6 Å². The maximum absolute atomic E-state index is 12.5. The van der Waals surface area contributed by atoms with Crippen LogP contribution in [-0.2, 0) is 4.79 Å². The molecule has 0 radical (unpaired) electrons. The Morgan fingerprint density at radius 3 is 2.40 bits per heavy atom. The zero-order valence-corrected chi connectivity index (χ0v) is 11.9. The highest BCUT2D eigenvalue weighted by Crippen LogP contribution is 2.35. The van der Waals surface area contributed by atoms with E-state index in [4.69, 9.17) is 11.6 Å². The molecule has 0 bridgehead atoms. The maximum atomic E-state index is 12.5. The quantitative estimate of drug-likeness (QED) is 0.488. The van der Waals surface area contributed by atoms with Crippen molar-refractivity contribution in [2.45, 2.75) is 24.6 Å². The van der Waals surface area contributed by atoms with Gasteiger partial charge in [-0.1, -0.05) is 30.3 Å². The van der Waals surface area contributed by atoms with E-state index in [9.17, 15) is 9.59 Å². The van der Waals surface area contributed by atoms with Gasteiger partial charge in [-0.3, -0.25) is 9.59 Å². The lowest BCUT2D eigenvalue weighted by atomic mass is 9.84. The van der Waals surface area contributed by atoms with Gasteiger partial charge >= 0.3 is 0 Å². The zero-order valence-electron chi connectivity index (χ0n) is 11.1. The largest absolute Gasteiger partial charge is 0.373 e. The van der Waals surface area contributed by atoms with Gasteiger partial charge in [0.15, 0.2) is 11.6 Å². The molecule has 3 nitrogen and oxygen atoms in total. The Morgan fingerprint density at radius 1 is 1.10 bits per heavy atom. The van der Waals surface area contributed by atoms with Crippen LogP contribution in [-0.4, -0.2) is 34.9 Å². The van der Waals surface area contributed by atoms with E-state index >= 15 is 0 Å². The van der Waals surface area contributed by atoms with E-state index in [-0.39, 0.29) is 17.1 Å². The summed E-state index contributed by atoms with van der Waals surface area (Å²) in [6, 6.07) is 8.92. The average molecular weight is 290 g/mol. The molecular formula is C16H16ClNO2. The number of benzene rings is 1. The zero-order chi connectivity index (χ0) is 14.1. The van der Waals surface area contributed by atoms with Gasteiger partial charge in [0.05, 0.1) is 11.3 Å². The summed E-state index contributed by atoms with van der Waals surface area (Å²) in [6.07, 6.45) is 3.38. The molecule has 1 fully saturated rings. The van der Waals surface area contributed by atoms with Gasteiger partial charge in [0.25, 0.3) is 0 Å². The predicted molar refractivity (Wildman–Crippen MR) is 77.9 cm³/mol. The van der Waals surface area contributed by atoms with Crippen LogP contribution < -0.4 is 0 Å². The van der Waals surface area contributed by atoms with Crippen LogP contribution in [0.5, 0.6) is 0 Å². The first kappa shape index (κ1) is 13.4. The van der Waals surface area contributed by atoms with Crippen molar-refractivity contribution < 1.29 is 9.59 Å². The summed E-state index contributed by atoms with van der Waals surface area (Å²) >= 11 is 6.12. The van der Waals surface area contributed by atoms with Crippen molar-refractivity contribution in [1.82, 2.24) is 4.90 Å². The Morgan fingerprint density at radius 2 is 1.75 bits per heavy atom. The molecule has 4 heteroatoms. The number of ketones is 2. The van der Waals surface area contributed by atoms with Crippen LogP contribution >= 0.6 is 11.6 Å². The molecule has 104 valence electrons. The Balaban J connectivity index is 1.94. The van der Waals surface area contributed by atoms with E-state index in [1.54, 1.807) is 24.3 Å². The van der Waals surface area contributed by atoms with E-state index in [0.29, 0.717) is 5.56 Å². The molecule has 0 aromatic heterocycles. The fourth-order valence-electron chi connectivity index (χ4n) is 2.84. The highest BCUT2D eigenvalue weighted by molar-refractivity contribution is 6.46. The molecule has 0 amide bonds. The Bertz CT molecular complexity index is 573. The number of nitrogens with zero attached hydrogens (tertiary/aromatic N) is 1. The van der Waals surface area contributed by atoms with Crippen LogP contribution in [0, 0.1) is 0 Å². The van der Waals surface area contributed by atoms with Crippen molar-refractivity contribution in [3.8, 4) is 0 Å². The lowest BCUT2D eigenvalue weighted by Gasteiger charge is -2.39. The third-order valence-corrected chi connectivity index (χ3v) is 4.34. The summed E-state index contributed by atoms with van der Waals surface area (Å²) < 4.78 is 0. The number of hydrogen-bond acceptors (Lipinski definition) is 3. The van der Waals surface area contributed by atoms with Crippen LogP contribution in [0.2, 0.25) is 0 Å². The first-order chi connectivity index (χ1) is 9.70. The van der Waals surface area contributed by atoms with Crippen molar-refractivity contribution >= 4 is 23.2 Å². The Kier molecular flexibility index (Phi) is 3.62. The van der Waals surface area contributed by atoms with Crippen LogP contribution in [0.1, 0.15) is 29.6 Å². The van der Waals surface area contributed by atoms with E-state index < -0.39 is 5.38 Å². The third-order valence-electron chi connectivity index (χ3n) is 3.93. The molecule has 1 saturated heterocycles. The smallest absolute Gasteiger partial charge is 0.198 e. The van der Waals surface area contributed by atoms with E-state index in [1.165, 1.54) is 6.42 Å². The number of piperidine rings is 1. The van der Waals surface area contributed by atoms with E-state index in [1.807, 2.05) is 6.07 Å². The molecule has 0 N–H and O–H groups in total. The molecule has 1 aliphatic carbocycles. The van der Waals surface area contributed by atoms with Crippen molar-refractivity contribution in [2.75, 3.05) is 13.1 Å². The summed E-state index contributed by atoms with van der Waals surface area (Å²) in [5, 5.41) is -0.643. The van der Waals surface area contributed by atoms with Crippen molar-refractivity contribution in [2.24, 2.45) is 0 Å². The number of allylic oxidation sites excluding steroid dienone is 2. The van der Waals surface area contributed by atoms with Gasteiger partial charge in [0.2, 0.25) is 0 Å². The fraction of sp³-hybridized carbons (Fsp3) is 0.375. The molecule has 1 heterocycles. The number of likely N-dealkylation sites (tertiary alicyclic amines) is 1. The standard InChI is InChI=1S/C16H16ClNO2/c17-13-14(18-9-5-2-6-10-18)12(16(13)20)15(19)11-7-3-1-4-8-11/h1,3-4,7-8,13H,2,5-6,9-10H2/t13-/m1/s1. The third kappa shape index (κ3) is 2.16. The number of Topliss-reactive ketones (excluding diaryl/α,β-unsaturated/α-hetero) is 2. The topological polar surface area (TPSA) is 37.4 Å². The Labute approximate surface area is 123 Å². The number of alkyl halides is 1. The van der Waals surface area contributed by atoms with Crippen molar-refractivity contribution in [3.05, 3.63) is 47.2 Å². The lowest BCUT2D eigenvalue weighted by Crippen LogP contribution is -2.46. The van der Waals surface area contributed by atoms with Gasteiger partial charge in [-0.2, -0.15) is 0 Å². The lowest BCUT2D eigenvalue weighted by molar-refractivity contribution is -0.116. The van der Waals surface area contributed by atoms with Gasteiger partial charge in [0.1, 0.15) is 5.38 Å². The highest BCUT2D eigenvalue weighted by atomic mass is 35.5. The van der Waals surface area contributed by atoms with Crippen LogP contribution in [0.3, 0.4) is 0 Å². The summed E-state index contributed by atoms with van der Waals surface area (Å²) in [5.74, 6) is -0.436. The molecule has 0 unspecified atom stereocenters. The molecule has 1 aromatic carbocycles. The summed E-state index contributed by atoms with van der Waals surface area (Å²) in [4.78, 5) is 26.6. The maximum Gasteiger partial charge on any atom is 0.198 e. The summed E-state index contributed by atoms with van der Waals surface area (Å²) in [7, 11) is 0. The molecule has 1 atom stereocenters. The minimum Gasteiger partial charge on any atom is -0.373 e. The molecule has 0 saturated carbocycles. The number of carbonyl (C=O) groups is 2. The number of rotatable bonds is 3. The molecule has 2 aliphatic rings. The summed E-state index contributed by atoms with van der Waals surface area (Å²) in [6.45, 7) is 1.77. The average Bonchev–Trinajstić information content (AvgIpc) is 2.52. The molecule has 1 aliphatic heterocycles. The highest BCUT2D eigenvalue weighted by Gasteiger charge is 2.44. The van der Waals surface area contributed by atoms with Crippen molar-refractivity contribution in [3.63, 3.8) is 0 Å². The number of carbonyl (C=O) groups excluding carboxylic acids is 2. The normalized spacial score (nSPS) is 22.8. The van der Waals surface area contributed by atoms with Gasteiger partial charge < -0.3 is 4.90 Å². The van der Waals surface area contributed by atoms with Gasteiger partial charge in [0, 0.05) is 18.7 Å². The SMILES string of the molecule is O=C(C1=C(N2CCCCC2)[C@@H](Cl)C1=O)c1ccccc1. The molecule has 0 spiro atoms. The predicted octanol–water partition coefficient (Wildman–Crippen LogP) is 2.80. The first-order valence-corrected chi connectivity index (χ1v) is 7.41. The van der Waals surface area contributed by atoms with Gasteiger partial charge in [-0.15, -0.1) is 11.6 Å². The second-order valence-electron chi connectivity index (χ2n) is 5.23. The molecule has 20 heavy (non-hydrogen) atoms. The second-order valence-corrected chi connectivity index (χ2v) is 5.67. The van der Waals surface area contributed by atoms with Gasteiger partial charge in [-0.05, 0) is 19.3 Å². The monoisotopic (exact) mass is 289 g/mol. The first-order valence-electron chi connectivity index (χ1n) is 6.97. The minimum atomic E-state index is -0.643. The molecule has 1 aromatic rings. The molecular weight excluding hydrogens is 274 g/mol. The van der Waals surface area contributed by atoms with Gasteiger partial charge in [-0.25, -0.2) is 0 Å². The number of hydrogen-bond donors (Lipinski definition) is 0. The minimum absolute atomic E-state index is 0.201. The number of halogens is 1. The van der Waals surface area contributed by atoms with E-state index in [2.05, 4.69) is 4.90 Å². The molecule has 3 rings (SSSR count). The summed E-state index contributed by atoms with van der Waals surface area (Å²) in [5.41, 5.74) is 1.58. The fourth-order valence-corrected chi connectivity index (χ4v) is 3.20. The Hall–Kier alpha value is -1.61. The van der Waals surface area contributed by atoms with Crippen LogP contribution in [0.15, 0.2) is 41.6 Å².